The summed E-state index contributed by atoms with van der Waals surface area (Å²) in [7, 11) is -3.57. The Morgan fingerprint density at radius 2 is 1.63 bits per heavy atom. The van der Waals surface area contributed by atoms with Gasteiger partial charge in [-0.15, -0.1) is 0 Å². The van der Waals surface area contributed by atoms with E-state index in [9.17, 15) is 8.42 Å². The van der Waals surface area contributed by atoms with Crippen LogP contribution in [0.1, 0.15) is 26.3 Å². The van der Waals surface area contributed by atoms with Gasteiger partial charge in [0.1, 0.15) is 13.2 Å². The predicted octanol–water partition coefficient (Wildman–Crippen LogP) is 1.84. The molecule has 0 bridgehead atoms. The van der Waals surface area contributed by atoms with E-state index in [0.717, 1.165) is 0 Å². The molecule has 0 saturated heterocycles. The van der Waals surface area contributed by atoms with Gasteiger partial charge in [-0.2, -0.15) is 0 Å². The van der Waals surface area contributed by atoms with Gasteiger partial charge < -0.3 is 9.47 Å². The number of sulfonamides is 1. The van der Waals surface area contributed by atoms with E-state index in [1.165, 1.54) is 6.07 Å². The quantitative estimate of drug-likeness (QED) is 0.900. The van der Waals surface area contributed by atoms with Crippen LogP contribution in [0, 0.1) is 6.92 Å². The highest BCUT2D eigenvalue weighted by Gasteiger charge is 2.26. The lowest BCUT2D eigenvalue weighted by molar-refractivity contribution is 0.171. The van der Waals surface area contributed by atoms with Crippen molar-refractivity contribution in [2.45, 2.75) is 38.1 Å². The maximum atomic E-state index is 12.3. The van der Waals surface area contributed by atoms with Gasteiger partial charge in [-0.3, -0.25) is 0 Å². The first-order valence-corrected chi connectivity index (χ1v) is 7.62. The largest absolute Gasteiger partial charge is 0.486 e. The Morgan fingerprint density at radius 1 is 1.11 bits per heavy atom. The Bertz CT molecular complexity index is 587. The van der Waals surface area contributed by atoms with Gasteiger partial charge in [0, 0.05) is 11.6 Å². The van der Waals surface area contributed by atoms with E-state index < -0.39 is 15.6 Å². The molecule has 0 aliphatic carbocycles. The molecule has 1 aliphatic heterocycles. The zero-order valence-corrected chi connectivity index (χ0v) is 12.4. The molecule has 106 valence electrons. The number of hydrogen-bond donors (Lipinski definition) is 1. The van der Waals surface area contributed by atoms with Gasteiger partial charge >= 0.3 is 0 Å². The summed E-state index contributed by atoms with van der Waals surface area (Å²) in [5, 5.41) is 0. The van der Waals surface area contributed by atoms with Crippen LogP contribution in [-0.2, 0) is 10.0 Å². The van der Waals surface area contributed by atoms with Crippen LogP contribution in [-0.4, -0.2) is 27.2 Å². The highest BCUT2D eigenvalue weighted by atomic mass is 32.2. The molecule has 0 aromatic heterocycles. The molecule has 19 heavy (non-hydrogen) atoms. The topological polar surface area (TPSA) is 64.6 Å². The second kappa shape index (κ2) is 4.68. The van der Waals surface area contributed by atoms with Crippen molar-refractivity contribution in [1.29, 1.82) is 0 Å². The Hall–Kier alpha value is -1.27. The summed E-state index contributed by atoms with van der Waals surface area (Å²) in [6.45, 7) is 8.07. The molecule has 0 radical (unpaired) electrons. The molecule has 6 heteroatoms. The summed E-state index contributed by atoms with van der Waals surface area (Å²) in [4.78, 5) is 0.228. The predicted molar refractivity (Wildman–Crippen MR) is 72.2 cm³/mol. The fourth-order valence-corrected chi connectivity index (χ4v) is 3.58. The third-order valence-electron chi connectivity index (χ3n) is 2.57. The number of nitrogens with one attached hydrogen (secondary N) is 1. The molecule has 1 aliphatic rings. The summed E-state index contributed by atoms with van der Waals surface area (Å²) in [5.41, 5.74) is 0.111. The van der Waals surface area contributed by atoms with E-state index in [1.807, 2.05) is 0 Å². The van der Waals surface area contributed by atoms with Crippen molar-refractivity contribution in [3.8, 4) is 11.5 Å². The molecule has 2 rings (SSSR count). The minimum absolute atomic E-state index is 0.228. The minimum Gasteiger partial charge on any atom is -0.486 e. The van der Waals surface area contributed by atoms with E-state index in [0.29, 0.717) is 30.3 Å². The van der Waals surface area contributed by atoms with Crippen LogP contribution in [0.2, 0.25) is 0 Å². The van der Waals surface area contributed by atoms with Crippen molar-refractivity contribution < 1.29 is 17.9 Å². The Morgan fingerprint density at radius 3 is 2.16 bits per heavy atom. The second-order valence-electron chi connectivity index (χ2n) is 5.62. The SMILES string of the molecule is Cc1cc2c(cc1S(=O)(=O)NC(C)(C)C)OCCO2. The maximum absolute atomic E-state index is 12.3. The van der Waals surface area contributed by atoms with E-state index in [-0.39, 0.29) is 4.90 Å². The molecule has 0 atom stereocenters. The van der Waals surface area contributed by atoms with Crippen molar-refractivity contribution in [2.75, 3.05) is 13.2 Å². The van der Waals surface area contributed by atoms with Crippen LogP contribution in [0.15, 0.2) is 17.0 Å². The Balaban J connectivity index is 2.45. The molecule has 0 amide bonds. The zero-order valence-electron chi connectivity index (χ0n) is 11.6. The van der Waals surface area contributed by atoms with Gasteiger partial charge in [0.15, 0.2) is 11.5 Å². The average Bonchev–Trinajstić information content (AvgIpc) is 2.24. The van der Waals surface area contributed by atoms with Gasteiger partial charge in [0.05, 0.1) is 4.90 Å². The summed E-state index contributed by atoms with van der Waals surface area (Å²) in [6.07, 6.45) is 0. The van der Waals surface area contributed by atoms with E-state index in [4.69, 9.17) is 9.47 Å². The van der Waals surface area contributed by atoms with Crippen LogP contribution in [0.4, 0.5) is 0 Å². The first-order valence-electron chi connectivity index (χ1n) is 6.13. The first-order chi connectivity index (χ1) is 8.69. The van der Waals surface area contributed by atoms with Crippen molar-refractivity contribution in [3.63, 3.8) is 0 Å². The van der Waals surface area contributed by atoms with Gasteiger partial charge in [0.2, 0.25) is 10.0 Å². The standard InChI is InChI=1S/C13H19NO4S/c1-9-7-10-11(18-6-5-17-10)8-12(9)19(15,16)14-13(2,3)4/h7-8,14H,5-6H2,1-4H3. The number of fused-ring (bicyclic) bond motifs is 1. The van der Waals surface area contributed by atoms with Crippen molar-refractivity contribution in [2.24, 2.45) is 0 Å². The lowest BCUT2D eigenvalue weighted by Gasteiger charge is -2.23. The van der Waals surface area contributed by atoms with Crippen molar-refractivity contribution >= 4 is 10.0 Å². The summed E-state index contributed by atoms with van der Waals surface area (Å²) in [6, 6.07) is 3.23. The monoisotopic (exact) mass is 285 g/mol. The molecule has 0 unspecified atom stereocenters. The van der Waals surface area contributed by atoms with Crippen molar-refractivity contribution in [1.82, 2.24) is 4.72 Å². The molecule has 5 nitrogen and oxygen atoms in total. The lowest BCUT2D eigenvalue weighted by atomic mass is 10.1. The highest BCUT2D eigenvalue weighted by molar-refractivity contribution is 7.89. The molecular weight excluding hydrogens is 266 g/mol. The Kier molecular flexibility index (Phi) is 3.49. The van der Waals surface area contributed by atoms with Crippen LogP contribution in [0.5, 0.6) is 11.5 Å². The van der Waals surface area contributed by atoms with E-state index >= 15 is 0 Å². The minimum atomic E-state index is -3.57. The molecule has 1 aromatic rings. The van der Waals surface area contributed by atoms with E-state index in [1.54, 1.807) is 33.8 Å². The molecule has 1 aromatic carbocycles. The number of hydrogen-bond acceptors (Lipinski definition) is 4. The maximum Gasteiger partial charge on any atom is 0.241 e. The molecular formula is C13H19NO4S. The summed E-state index contributed by atoms with van der Waals surface area (Å²) in [5.74, 6) is 1.07. The highest BCUT2D eigenvalue weighted by Crippen LogP contribution is 2.34. The zero-order chi connectivity index (χ0) is 14.3. The van der Waals surface area contributed by atoms with Gasteiger partial charge in [0.25, 0.3) is 0 Å². The smallest absolute Gasteiger partial charge is 0.241 e. The van der Waals surface area contributed by atoms with Crippen LogP contribution in [0.3, 0.4) is 0 Å². The molecule has 0 spiro atoms. The molecule has 1 heterocycles. The third kappa shape index (κ3) is 3.19. The molecule has 1 N–H and O–H groups in total. The number of rotatable bonds is 2. The van der Waals surface area contributed by atoms with Gasteiger partial charge in [-0.05, 0) is 39.3 Å². The number of benzene rings is 1. The van der Waals surface area contributed by atoms with Crippen LogP contribution >= 0.6 is 0 Å². The number of aryl methyl sites for hydroxylation is 1. The normalized spacial score (nSPS) is 15.4. The van der Waals surface area contributed by atoms with E-state index in [2.05, 4.69) is 4.72 Å². The molecule has 0 saturated carbocycles. The van der Waals surface area contributed by atoms with Gasteiger partial charge in [-0.1, -0.05) is 0 Å². The fraction of sp³-hybridized carbons (Fsp3) is 0.538. The third-order valence-corrected chi connectivity index (χ3v) is 4.47. The lowest BCUT2D eigenvalue weighted by Crippen LogP contribution is -2.40. The fourth-order valence-electron chi connectivity index (χ4n) is 1.92. The molecule has 0 fully saturated rings. The second-order valence-corrected chi connectivity index (χ2v) is 7.27. The summed E-state index contributed by atoms with van der Waals surface area (Å²) < 4.78 is 38.2. The summed E-state index contributed by atoms with van der Waals surface area (Å²) >= 11 is 0. The van der Waals surface area contributed by atoms with Gasteiger partial charge in [-0.25, -0.2) is 13.1 Å². The first kappa shape index (κ1) is 14.1. The van der Waals surface area contributed by atoms with Crippen molar-refractivity contribution in [3.05, 3.63) is 17.7 Å². The van der Waals surface area contributed by atoms with Crippen LogP contribution < -0.4 is 14.2 Å². The van der Waals surface area contributed by atoms with Crippen LogP contribution in [0.25, 0.3) is 0 Å². The average molecular weight is 285 g/mol. The Labute approximate surface area is 114 Å². The number of ether oxygens (including phenoxy) is 2.